The number of hydrogen-bond donors (Lipinski definition) is 1. The van der Waals surface area contributed by atoms with Crippen molar-refractivity contribution in [2.45, 2.75) is 37.2 Å². The molecule has 2 amide bonds. The molecular weight excluding hydrogens is 407 g/mol. The summed E-state index contributed by atoms with van der Waals surface area (Å²) in [5.74, 6) is 1.01. The minimum absolute atomic E-state index is 0.0434. The quantitative estimate of drug-likeness (QED) is 0.813. The van der Waals surface area contributed by atoms with Crippen LogP contribution in [0, 0.1) is 0 Å². The summed E-state index contributed by atoms with van der Waals surface area (Å²) in [6.07, 6.45) is 2.90. The van der Waals surface area contributed by atoms with Crippen LogP contribution in [0.4, 0.5) is 5.82 Å². The van der Waals surface area contributed by atoms with Gasteiger partial charge < -0.3 is 10.2 Å². The van der Waals surface area contributed by atoms with Crippen LogP contribution in [0.15, 0.2) is 30.5 Å². The number of nitrogens with zero attached hydrogens (tertiary/aromatic N) is 3. The topological polar surface area (TPSA) is 67.2 Å². The van der Waals surface area contributed by atoms with Crippen molar-refractivity contribution in [1.29, 1.82) is 0 Å². The van der Waals surface area contributed by atoms with Gasteiger partial charge in [0.25, 0.3) is 0 Å². The van der Waals surface area contributed by atoms with Crippen LogP contribution >= 0.6 is 35.0 Å². The van der Waals surface area contributed by atoms with Gasteiger partial charge in [0.1, 0.15) is 11.9 Å². The summed E-state index contributed by atoms with van der Waals surface area (Å²) >= 11 is 14.0. The Hall–Kier alpha value is -1.70. The fraction of sp³-hybridized carbons (Fsp3) is 0.389. The predicted molar refractivity (Wildman–Crippen MR) is 107 cm³/mol. The maximum Gasteiger partial charge on any atom is 0.249 e. The molecule has 0 aliphatic carbocycles. The molecule has 9 heteroatoms. The van der Waals surface area contributed by atoms with Crippen molar-refractivity contribution in [3.63, 3.8) is 0 Å². The number of fused-ring (bicyclic) bond motifs is 1. The molecule has 3 heterocycles. The Balaban J connectivity index is 1.51. The SMILES string of the molecule is C[C@@]12CCC(=O)N1[C@H](C(=O)Nc1ccnn1Cc1cccc(Cl)c1Cl)CS2. The molecule has 1 aromatic carbocycles. The van der Waals surface area contributed by atoms with Gasteiger partial charge in [0.2, 0.25) is 11.8 Å². The van der Waals surface area contributed by atoms with E-state index in [0.717, 1.165) is 12.0 Å². The van der Waals surface area contributed by atoms with Crippen molar-refractivity contribution in [2.24, 2.45) is 0 Å². The highest BCUT2D eigenvalue weighted by molar-refractivity contribution is 8.01. The lowest BCUT2D eigenvalue weighted by Crippen LogP contribution is -2.48. The molecule has 2 atom stereocenters. The second-order valence-electron chi connectivity index (χ2n) is 6.84. The van der Waals surface area contributed by atoms with Crippen molar-refractivity contribution in [3.05, 3.63) is 46.1 Å². The Kier molecular flexibility index (Phi) is 4.86. The molecule has 2 aliphatic rings. The normalized spacial score (nSPS) is 24.3. The molecule has 2 aliphatic heterocycles. The Bertz CT molecular complexity index is 919. The van der Waals surface area contributed by atoms with E-state index in [1.165, 1.54) is 0 Å². The van der Waals surface area contributed by atoms with Crippen LogP contribution < -0.4 is 5.32 Å². The van der Waals surface area contributed by atoms with Crippen molar-refractivity contribution < 1.29 is 9.59 Å². The zero-order valence-electron chi connectivity index (χ0n) is 14.6. The van der Waals surface area contributed by atoms with Crippen LogP contribution in [-0.2, 0) is 16.1 Å². The standard InChI is InChI=1S/C18H18Cl2N4O2S/c1-18-7-5-15(25)24(18)13(10-27-18)17(26)22-14-6-8-21-23(14)9-11-3-2-4-12(19)16(11)20/h2-4,6,8,13H,5,7,9-10H2,1H3,(H,22,26)/t13-,18+/m0/s1. The lowest BCUT2D eigenvalue weighted by Gasteiger charge is -2.29. The third-order valence-corrected chi connectivity index (χ3v) is 7.43. The Morgan fingerprint density at radius 2 is 2.22 bits per heavy atom. The molecule has 1 aromatic heterocycles. The van der Waals surface area contributed by atoms with Crippen molar-refractivity contribution in [2.75, 3.05) is 11.1 Å². The van der Waals surface area contributed by atoms with Crippen LogP contribution in [-0.4, -0.2) is 43.2 Å². The Labute approximate surface area is 171 Å². The number of rotatable bonds is 4. The van der Waals surface area contributed by atoms with E-state index in [0.29, 0.717) is 34.6 Å². The molecule has 142 valence electrons. The summed E-state index contributed by atoms with van der Waals surface area (Å²) in [4.78, 5) is 26.6. The molecule has 0 saturated carbocycles. The first-order chi connectivity index (χ1) is 12.9. The largest absolute Gasteiger partial charge is 0.315 e. The highest BCUT2D eigenvalue weighted by Crippen LogP contribution is 2.47. The van der Waals surface area contributed by atoms with E-state index < -0.39 is 6.04 Å². The number of halogens is 2. The predicted octanol–water partition coefficient (Wildman–Crippen LogP) is 3.63. The molecule has 0 bridgehead atoms. The second kappa shape index (κ2) is 7.04. The molecule has 2 aromatic rings. The van der Waals surface area contributed by atoms with Crippen LogP contribution in [0.5, 0.6) is 0 Å². The third kappa shape index (κ3) is 3.32. The van der Waals surface area contributed by atoms with E-state index in [4.69, 9.17) is 23.2 Å². The minimum atomic E-state index is -0.465. The van der Waals surface area contributed by atoms with Gasteiger partial charge in [-0.25, -0.2) is 4.68 Å². The Morgan fingerprint density at radius 1 is 1.41 bits per heavy atom. The van der Waals surface area contributed by atoms with E-state index >= 15 is 0 Å². The van der Waals surface area contributed by atoms with Crippen LogP contribution in [0.2, 0.25) is 10.0 Å². The number of anilines is 1. The van der Waals surface area contributed by atoms with Crippen molar-refractivity contribution in [3.8, 4) is 0 Å². The fourth-order valence-corrected chi connectivity index (χ4v) is 5.43. The zero-order chi connectivity index (χ0) is 19.2. The molecule has 6 nitrogen and oxygen atoms in total. The van der Waals surface area contributed by atoms with Crippen molar-refractivity contribution in [1.82, 2.24) is 14.7 Å². The number of nitrogens with one attached hydrogen (secondary N) is 1. The Morgan fingerprint density at radius 3 is 3.04 bits per heavy atom. The van der Waals surface area contributed by atoms with Gasteiger partial charge in [-0.15, -0.1) is 11.8 Å². The van der Waals surface area contributed by atoms with Gasteiger partial charge in [-0.2, -0.15) is 5.10 Å². The highest BCUT2D eigenvalue weighted by atomic mass is 35.5. The molecule has 1 N–H and O–H groups in total. The summed E-state index contributed by atoms with van der Waals surface area (Å²) < 4.78 is 1.66. The van der Waals surface area contributed by atoms with E-state index in [1.807, 2.05) is 19.1 Å². The highest BCUT2D eigenvalue weighted by Gasteiger charge is 2.52. The van der Waals surface area contributed by atoms with E-state index in [-0.39, 0.29) is 16.7 Å². The molecule has 0 spiro atoms. The van der Waals surface area contributed by atoms with Crippen LogP contribution in [0.25, 0.3) is 0 Å². The molecular formula is C18H18Cl2N4O2S. The third-order valence-electron chi connectivity index (χ3n) is 5.07. The number of aromatic nitrogens is 2. The number of carbonyl (C=O) groups is 2. The molecule has 0 radical (unpaired) electrons. The lowest BCUT2D eigenvalue weighted by atomic mass is 10.2. The summed E-state index contributed by atoms with van der Waals surface area (Å²) in [5.41, 5.74) is 0.807. The molecule has 4 rings (SSSR count). The van der Waals surface area contributed by atoms with E-state index in [1.54, 1.807) is 39.7 Å². The molecule has 0 unspecified atom stereocenters. The monoisotopic (exact) mass is 424 g/mol. The first kappa shape index (κ1) is 18.7. The second-order valence-corrected chi connectivity index (χ2v) is 9.13. The van der Waals surface area contributed by atoms with Gasteiger partial charge in [0.05, 0.1) is 27.7 Å². The summed E-state index contributed by atoms with van der Waals surface area (Å²) in [6, 6.07) is 6.67. The number of carbonyl (C=O) groups excluding carboxylic acids is 2. The van der Waals surface area contributed by atoms with E-state index in [2.05, 4.69) is 10.4 Å². The summed E-state index contributed by atoms with van der Waals surface area (Å²) in [6.45, 7) is 2.41. The maximum atomic E-state index is 12.9. The van der Waals surface area contributed by atoms with Crippen LogP contribution in [0.3, 0.4) is 0 Å². The number of thioether (sulfide) groups is 1. The van der Waals surface area contributed by atoms with Gasteiger partial charge in [-0.3, -0.25) is 9.59 Å². The van der Waals surface area contributed by atoms with Gasteiger partial charge in [-0.05, 0) is 25.0 Å². The van der Waals surface area contributed by atoms with Gasteiger partial charge in [-0.1, -0.05) is 35.3 Å². The smallest absolute Gasteiger partial charge is 0.249 e. The summed E-state index contributed by atoms with van der Waals surface area (Å²) in [5, 5.41) is 8.13. The van der Waals surface area contributed by atoms with E-state index in [9.17, 15) is 9.59 Å². The first-order valence-electron chi connectivity index (χ1n) is 8.61. The van der Waals surface area contributed by atoms with Crippen LogP contribution in [0.1, 0.15) is 25.3 Å². The molecule has 27 heavy (non-hydrogen) atoms. The average Bonchev–Trinajstić information content (AvgIpc) is 3.28. The van der Waals surface area contributed by atoms with Gasteiger partial charge in [0.15, 0.2) is 0 Å². The zero-order valence-corrected chi connectivity index (χ0v) is 16.9. The van der Waals surface area contributed by atoms with Gasteiger partial charge in [0, 0.05) is 18.2 Å². The minimum Gasteiger partial charge on any atom is -0.315 e. The van der Waals surface area contributed by atoms with Gasteiger partial charge >= 0.3 is 0 Å². The number of amides is 2. The number of benzene rings is 1. The molecule has 2 fully saturated rings. The van der Waals surface area contributed by atoms with Crippen molar-refractivity contribution >= 4 is 52.6 Å². The first-order valence-corrected chi connectivity index (χ1v) is 10.3. The fourth-order valence-electron chi connectivity index (χ4n) is 3.62. The average molecular weight is 425 g/mol. The number of hydrogen-bond acceptors (Lipinski definition) is 4. The summed E-state index contributed by atoms with van der Waals surface area (Å²) in [7, 11) is 0. The molecule has 2 saturated heterocycles. The lowest BCUT2D eigenvalue weighted by molar-refractivity contribution is -0.135. The maximum absolute atomic E-state index is 12.9.